The first-order chi connectivity index (χ1) is 17.0. The van der Waals surface area contributed by atoms with E-state index in [1.807, 2.05) is 22.6 Å². The lowest BCUT2D eigenvalue weighted by atomic mass is 9.92. The number of benzene rings is 2. The average Bonchev–Trinajstić information content (AvgIpc) is 2.70. The summed E-state index contributed by atoms with van der Waals surface area (Å²) < 4.78 is 117. The molecule has 0 saturated carbocycles. The van der Waals surface area contributed by atoms with Gasteiger partial charge in [0.05, 0.1) is 16.9 Å². The molecular formula is C23H22F7IN2O4S. The number of aryl methyl sites for hydroxylation is 1. The molecule has 0 aliphatic heterocycles. The SMILES string of the molecule is Cc1cc(C(F)(C(F)(F)F)C(F)(F)F)ccc1NC(=O)c1ccc(I)cc1C(=O)NC(C)(C)CS(C)(=O)=O. The Morgan fingerprint density at radius 3 is 1.89 bits per heavy atom. The second-order valence-corrected chi connectivity index (χ2v) is 12.6. The minimum Gasteiger partial charge on any atom is -0.346 e. The van der Waals surface area contributed by atoms with Crippen molar-refractivity contribution in [2.75, 3.05) is 17.3 Å². The van der Waals surface area contributed by atoms with Gasteiger partial charge in [-0.3, -0.25) is 9.59 Å². The fourth-order valence-electron chi connectivity index (χ4n) is 3.66. The lowest BCUT2D eigenvalue weighted by Gasteiger charge is -2.30. The fourth-order valence-corrected chi connectivity index (χ4v) is 5.54. The molecule has 0 aliphatic rings. The van der Waals surface area contributed by atoms with Crippen molar-refractivity contribution in [3.63, 3.8) is 0 Å². The zero-order valence-electron chi connectivity index (χ0n) is 20.2. The van der Waals surface area contributed by atoms with Crippen molar-refractivity contribution in [3.8, 4) is 0 Å². The number of alkyl halides is 7. The molecule has 0 unspecified atom stereocenters. The van der Waals surface area contributed by atoms with E-state index in [2.05, 4.69) is 10.6 Å². The van der Waals surface area contributed by atoms with Gasteiger partial charge in [-0.2, -0.15) is 26.3 Å². The van der Waals surface area contributed by atoms with Gasteiger partial charge in [0.1, 0.15) is 9.84 Å². The van der Waals surface area contributed by atoms with Crippen molar-refractivity contribution in [2.24, 2.45) is 0 Å². The predicted octanol–water partition coefficient (Wildman–Crippen LogP) is 5.69. The van der Waals surface area contributed by atoms with Gasteiger partial charge in [-0.05, 0) is 73.2 Å². The molecule has 0 aromatic heterocycles. The summed E-state index contributed by atoms with van der Waals surface area (Å²) in [5.74, 6) is -2.15. The van der Waals surface area contributed by atoms with Crippen LogP contribution in [0.25, 0.3) is 0 Å². The van der Waals surface area contributed by atoms with Crippen LogP contribution in [0.15, 0.2) is 36.4 Å². The molecule has 210 valence electrons. The maximum atomic E-state index is 14.4. The molecule has 15 heteroatoms. The summed E-state index contributed by atoms with van der Waals surface area (Å²) in [5, 5.41) is 4.82. The third-order valence-electron chi connectivity index (χ3n) is 5.20. The van der Waals surface area contributed by atoms with Crippen molar-refractivity contribution < 1.29 is 48.7 Å². The number of nitrogens with one attached hydrogen (secondary N) is 2. The van der Waals surface area contributed by atoms with E-state index < -0.39 is 56.5 Å². The fraction of sp³-hybridized carbons (Fsp3) is 0.391. The van der Waals surface area contributed by atoms with Crippen molar-refractivity contribution >= 4 is 49.9 Å². The normalized spacial score (nSPS) is 13.3. The molecule has 0 fully saturated rings. The second-order valence-electron chi connectivity index (χ2n) is 9.24. The van der Waals surface area contributed by atoms with Crippen LogP contribution in [0.5, 0.6) is 0 Å². The number of hydrogen-bond donors (Lipinski definition) is 2. The molecule has 2 N–H and O–H groups in total. The number of carbonyl (C=O) groups excluding carboxylic acids is 2. The van der Waals surface area contributed by atoms with E-state index in [-0.39, 0.29) is 28.4 Å². The number of rotatable bonds is 7. The summed E-state index contributed by atoms with van der Waals surface area (Å²) in [4.78, 5) is 25.9. The quantitative estimate of drug-likeness (QED) is 0.290. The Hall–Kier alpha value is -2.43. The molecule has 0 heterocycles. The Bertz CT molecular complexity index is 1340. The maximum absolute atomic E-state index is 14.4. The molecule has 2 amide bonds. The molecule has 0 saturated heterocycles. The van der Waals surface area contributed by atoms with E-state index in [9.17, 15) is 48.7 Å². The van der Waals surface area contributed by atoms with Crippen LogP contribution in [0.2, 0.25) is 0 Å². The van der Waals surface area contributed by atoms with Gasteiger partial charge in [-0.1, -0.05) is 12.1 Å². The molecule has 6 nitrogen and oxygen atoms in total. The molecule has 0 atom stereocenters. The van der Waals surface area contributed by atoms with Gasteiger partial charge in [-0.15, -0.1) is 0 Å². The minimum absolute atomic E-state index is 0.165. The number of carbonyl (C=O) groups is 2. The highest BCUT2D eigenvalue weighted by molar-refractivity contribution is 14.1. The van der Waals surface area contributed by atoms with Crippen LogP contribution >= 0.6 is 22.6 Å². The summed E-state index contributed by atoms with van der Waals surface area (Å²) in [5.41, 5.74) is -9.48. The number of halogens is 8. The van der Waals surface area contributed by atoms with Gasteiger partial charge in [0.15, 0.2) is 0 Å². The van der Waals surface area contributed by atoms with Crippen molar-refractivity contribution in [3.05, 3.63) is 62.2 Å². The highest BCUT2D eigenvalue weighted by Gasteiger charge is 2.73. The van der Waals surface area contributed by atoms with Crippen molar-refractivity contribution in [2.45, 2.75) is 44.3 Å². The third-order valence-corrected chi connectivity index (χ3v) is 7.12. The van der Waals surface area contributed by atoms with Crippen molar-refractivity contribution in [1.82, 2.24) is 5.32 Å². The van der Waals surface area contributed by atoms with Gasteiger partial charge in [0.2, 0.25) is 0 Å². The minimum atomic E-state index is -6.29. The van der Waals surface area contributed by atoms with Crippen LogP contribution in [0.3, 0.4) is 0 Å². The zero-order valence-corrected chi connectivity index (χ0v) is 23.2. The van der Waals surface area contributed by atoms with E-state index in [1.165, 1.54) is 32.0 Å². The third kappa shape index (κ3) is 7.15. The number of hydrogen-bond acceptors (Lipinski definition) is 4. The Balaban J connectivity index is 2.42. The summed E-state index contributed by atoms with van der Waals surface area (Å²) in [6.45, 7) is 3.98. The summed E-state index contributed by atoms with van der Waals surface area (Å²) in [6.07, 6.45) is -11.6. The van der Waals surface area contributed by atoms with Gasteiger partial charge in [0.25, 0.3) is 11.8 Å². The molecular weight excluding hydrogens is 660 g/mol. The summed E-state index contributed by atoms with van der Waals surface area (Å²) in [6, 6.07) is 5.34. The van der Waals surface area contributed by atoms with Gasteiger partial charge < -0.3 is 10.6 Å². The Morgan fingerprint density at radius 2 is 1.42 bits per heavy atom. The highest BCUT2D eigenvalue weighted by Crippen LogP contribution is 2.53. The van der Waals surface area contributed by atoms with Gasteiger partial charge in [-0.25, -0.2) is 12.8 Å². The lowest BCUT2D eigenvalue weighted by Crippen LogP contribution is -2.50. The molecule has 2 aromatic rings. The number of sulfone groups is 1. The number of anilines is 1. The standard InChI is InChI=1S/C23H22F7IN2O4S/c1-12-9-13(21(24,22(25,26)27)23(28,29)30)5-8-17(12)32-18(34)15-7-6-14(31)10-16(15)19(35)33-20(2,3)11-38(4,36)37/h5-10H,11H2,1-4H3,(H,32,34)(H,33,35). The first-order valence-corrected chi connectivity index (χ1v) is 13.7. The maximum Gasteiger partial charge on any atom is 0.435 e. The van der Waals surface area contributed by atoms with E-state index in [4.69, 9.17) is 0 Å². The van der Waals surface area contributed by atoms with Crippen molar-refractivity contribution in [1.29, 1.82) is 0 Å². The largest absolute Gasteiger partial charge is 0.435 e. The second kappa shape index (κ2) is 10.6. The Morgan fingerprint density at radius 1 is 0.868 bits per heavy atom. The molecule has 0 radical (unpaired) electrons. The Kier molecular flexibility index (Phi) is 8.88. The van der Waals surface area contributed by atoms with Crippen LogP contribution in [-0.2, 0) is 15.5 Å². The first kappa shape index (κ1) is 31.8. The van der Waals surface area contributed by atoms with Crippen LogP contribution in [0.4, 0.5) is 36.4 Å². The van der Waals surface area contributed by atoms with E-state index in [0.717, 1.165) is 13.2 Å². The highest BCUT2D eigenvalue weighted by atomic mass is 127. The van der Waals surface area contributed by atoms with E-state index in [0.29, 0.717) is 15.7 Å². The van der Waals surface area contributed by atoms with Gasteiger partial charge >= 0.3 is 18.0 Å². The molecule has 2 aromatic carbocycles. The summed E-state index contributed by atoms with van der Waals surface area (Å²) in [7, 11) is -3.49. The predicted molar refractivity (Wildman–Crippen MR) is 134 cm³/mol. The van der Waals surface area contributed by atoms with Crippen LogP contribution in [0, 0.1) is 10.5 Å². The Labute approximate surface area is 227 Å². The van der Waals surface area contributed by atoms with Crippen LogP contribution in [0.1, 0.15) is 45.7 Å². The molecule has 38 heavy (non-hydrogen) atoms. The number of amides is 2. The molecule has 0 bridgehead atoms. The van der Waals surface area contributed by atoms with Gasteiger partial charge in [0, 0.05) is 26.6 Å². The zero-order chi connectivity index (χ0) is 29.5. The topological polar surface area (TPSA) is 92.3 Å². The van der Waals surface area contributed by atoms with E-state index >= 15 is 0 Å². The smallest absolute Gasteiger partial charge is 0.346 e. The molecule has 0 aliphatic carbocycles. The monoisotopic (exact) mass is 682 g/mol. The average molecular weight is 682 g/mol. The summed E-state index contributed by atoms with van der Waals surface area (Å²) >= 11 is 1.86. The first-order valence-electron chi connectivity index (χ1n) is 10.5. The molecule has 2 rings (SSSR count). The van der Waals surface area contributed by atoms with Crippen LogP contribution in [-0.4, -0.2) is 50.1 Å². The lowest BCUT2D eigenvalue weighted by molar-refractivity contribution is -0.348. The van der Waals surface area contributed by atoms with E-state index in [1.54, 1.807) is 0 Å². The van der Waals surface area contributed by atoms with Crippen LogP contribution < -0.4 is 10.6 Å². The molecule has 0 spiro atoms.